The molecule has 0 aliphatic carbocycles. The zero-order valence-corrected chi connectivity index (χ0v) is 17.6. The zero-order valence-electron chi connectivity index (χ0n) is 15.9. The molecule has 1 fully saturated rings. The van der Waals surface area contributed by atoms with Gasteiger partial charge in [0.25, 0.3) is 0 Å². The summed E-state index contributed by atoms with van der Waals surface area (Å²) < 4.78 is 15.5. The minimum atomic E-state index is 0.192. The van der Waals surface area contributed by atoms with Crippen molar-refractivity contribution in [3.05, 3.63) is 48.5 Å². The smallest absolute Gasteiger partial charge is 0.198 e. The molecular weight excluding hydrogens is 404 g/mol. The molecule has 1 aliphatic rings. The minimum absolute atomic E-state index is 0.192. The lowest BCUT2D eigenvalue weighted by molar-refractivity contribution is 0.0953. The average Bonchev–Trinajstić information content (AvgIpc) is 3.49. The normalized spacial score (nSPS) is 16.5. The van der Waals surface area contributed by atoms with Crippen LogP contribution in [0.25, 0.3) is 21.6 Å². The fraction of sp³-hybridized carbons (Fsp3) is 0.286. The summed E-state index contributed by atoms with van der Waals surface area (Å²) >= 11 is 3.24. The SMILES string of the molecule is COc1ccc(-c2nnc(Sc3nc4ccccc4s3)n2CC2CCCO2)cc1. The monoisotopic (exact) mass is 424 g/mol. The van der Waals surface area contributed by atoms with Gasteiger partial charge in [0, 0.05) is 12.2 Å². The van der Waals surface area contributed by atoms with Gasteiger partial charge in [0.05, 0.1) is 30.0 Å². The number of aromatic nitrogens is 4. The summed E-state index contributed by atoms with van der Waals surface area (Å²) in [5.41, 5.74) is 2.02. The Morgan fingerprint density at radius 2 is 2.03 bits per heavy atom. The zero-order chi connectivity index (χ0) is 19.6. The maximum atomic E-state index is 5.89. The number of methoxy groups -OCH3 is 1. The molecule has 1 aliphatic heterocycles. The van der Waals surface area contributed by atoms with Gasteiger partial charge in [-0.2, -0.15) is 0 Å². The van der Waals surface area contributed by atoms with E-state index in [0.29, 0.717) is 0 Å². The molecule has 0 amide bonds. The number of benzene rings is 2. The third-order valence-electron chi connectivity index (χ3n) is 4.93. The van der Waals surface area contributed by atoms with Crippen LogP contribution < -0.4 is 4.74 Å². The molecule has 148 valence electrons. The van der Waals surface area contributed by atoms with Gasteiger partial charge in [0.1, 0.15) is 5.75 Å². The Morgan fingerprint density at radius 3 is 2.79 bits per heavy atom. The van der Waals surface area contributed by atoms with Gasteiger partial charge in [-0.05, 0) is 61.0 Å². The van der Waals surface area contributed by atoms with Gasteiger partial charge < -0.3 is 9.47 Å². The minimum Gasteiger partial charge on any atom is -0.497 e. The lowest BCUT2D eigenvalue weighted by Gasteiger charge is -2.14. The number of nitrogens with zero attached hydrogens (tertiary/aromatic N) is 4. The Labute approximate surface area is 176 Å². The Morgan fingerprint density at radius 1 is 1.17 bits per heavy atom. The second-order valence-corrected chi connectivity index (χ2v) is 9.07. The van der Waals surface area contributed by atoms with Crippen LogP contribution in [0.4, 0.5) is 0 Å². The van der Waals surface area contributed by atoms with Crippen LogP contribution in [-0.2, 0) is 11.3 Å². The molecule has 6 nitrogen and oxygen atoms in total. The van der Waals surface area contributed by atoms with Gasteiger partial charge in [0.15, 0.2) is 15.3 Å². The number of ether oxygens (including phenoxy) is 2. The van der Waals surface area contributed by atoms with Crippen LogP contribution in [-0.4, -0.2) is 39.6 Å². The molecule has 2 aromatic heterocycles. The van der Waals surface area contributed by atoms with Gasteiger partial charge in [-0.25, -0.2) is 4.98 Å². The molecule has 0 saturated carbocycles. The van der Waals surface area contributed by atoms with Crippen LogP contribution in [0.3, 0.4) is 0 Å². The van der Waals surface area contributed by atoms with E-state index in [1.807, 2.05) is 42.5 Å². The van der Waals surface area contributed by atoms with E-state index in [1.54, 1.807) is 30.2 Å². The van der Waals surface area contributed by atoms with Crippen molar-refractivity contribution in [1.82, 2.24) is 19.7 Å². The Bertz CT molecular complexity index is 1080. The summed E-state index contributed by atoms with van der Waals surface area (Å²) in [7, 11) is 1.67. The highest BCUT2D eigenvalue weighted by atomic mass is 32.2. The van der Waals surface area contributed by atoms with E-state index in [1.165, 1.54) is 4.70 Å². The molecule has 0 spiro atoms. The van der Waals surface area contributed by atoms with Crippen molar-refractivity contribution in [3.63, 3.8) is 0 Å². The third-order valence-corrected chi connectivity index (χ3v) is 7.01. The van der Waals surface area contributed by atoms with Crippen molar-refractivity contribution in [3.8, 4) is 17.1 Å². The second-order valence-electron chi connectivity index (χ2n) is 6.83. The number of fused-ring (bicyclic) bond motifs is 1. The fourth-order valence-corrected chi connectivity index (χ4v) is 5.46. The van der Waals surface area contributed by atoms with Gasteiger partial charge >= 0.3 is 0 Å². The number of thiazole rings is 1. The standard InChI is InChI=1S/C21H20N4O2S2/c1-26-15-10-8-14(9-11-15)19-23-24-20(25(19)13-16-5-4-12-27-16)29-21-22-17-6-2-3-7-18(17)28-21/h2-3,6-11,16H,4-5,12-13H2,1H3. The molecule has 4 aromatic rings. The van der Waals surface area contributed by atoms with Crippen molar-refractivity contribution >= 4 is 33.3 Å². The highest BCUT2D eigenvalue weighted by Gasteiger charge is 2.23. The maximum Gasteiger partial charge on any atom is 0.198 e. The summed E-state index contributed by atoms with van der Waals surface area (Å²) in [6.07, 6.45) is 2.36. The van der Waals surface area contributed by atoms with Gasteiger partial charge in [-0.15, -0.1) is 21.5 Å². The van der Waals surface area contributed by atoms with Crippen LogP contribution in [0.2, 0.25) is 0 Å². The lowest BCUT2D eigenvalue weighted by Crippen LogP contribution is -2.16. The van der Waals surface area contributed by atoms with Crippen molar-refractivity contribution < 1.29 is 9.47 Å². The number of hydrogen-bond donors (Lipinski definition) is 0. The predicted octanol–water partition coefficient (Wildman–Crippen LogP) is 4.89. The molecule has 3 heterocycles. The summed E-state index contributed by atoms with van der Waals surface area (Å²) in [5, 5.41) is 9.84. The van der Waals surface area contributed by atoms with Crippen molar-refractivity contribution in [2.24, 2.45) is 0 Å². The molecule has 0 radical (unpaired) electrons. The molecular formula is C21H20N4O2S2. The first-order valence-electron chi connectivity index (χ1n) is 9.53. The maximum absolute atomic E-state index is 5.89. The van der Waals surface area contributed by atoms with E-state index in [2.05, 4.69) is 20.8 Å². The molecule has 5 rings (SSSR count). The Kier molecular flexibility index (Phi) is 5.22. The first-order chi connectivity index (χ1) is 14.3. The predicted molar refractivity (Wildman–Crippen MR) is 115 cm³/mol. The second kappa shape index (κ2) is 8.14. The van der Waals surface area contributed by atoms with Gasteiger partial charge in [-0.1, -0.05) is 12.1 Å². The van der Waals surface area contributed by atoms with E-state index in [4.69, 9.17) is 14.5 Å². The van der Waals surface area contributed by atoms with Crippen LogP contribution in [0, 0.1) is 0 Å². The molecule has 29 heavy (non-hydrogen) atoms. The molecule has 1 unspecified atom stereocenters. The van der Waals surface area contributed by atoms with Crippen LogP contribution in [0.5, 0.6) is 5.75 Å². The van der Waals surface area contributed by atoms with E-state index in [9.17, 15) is 0 Å². The average molecular weight is 425 g/mol. The van der Waals surface area contributed by atoms with Crippen LogP contribution >= 0.6 is 23.1 Å². The van der Waals surface area contributed by atoms with Gasteiger partial charge in [-0.3, -0.25) is 4.57 Å². The highest BCUT2D eigenvalue weighted by Crippen LogP contribution is 2.35. The molecule has 1 saturated heterocycles. The highest BCUT2D eigenvalue weighted by molar-refractivity contribution is 8.01. The largest absolute Gasteiger partial charge is 0.497 e. The Hall–Kier alpha value is -2.42. The third kappa shape index (κ3) is 3.88. The van der Waals surface area contributed by atoms with E-state index < -0.39 is 0 Å². The van der Waals surface area contributed by atoms with E-state index in [0.717, 1.165) is 58.1 Å². The number of para-hydroxylation sites is 1. The van der Waals surface area contributed by atoms with E-state index >= 15 is 0 Å². The lowest BCUT2D eigenvalue weighted by atomic mass is 10.2. The Balaban J connectivity index is 1.50. The summed E-state index contributed by atoms with van der Waals surface area (Å²) in [6.45, 7) is 1.56. The number of rotatable bonds is 6. The quantitative estimate of drug-likeness (QED) is 0.439. The van der Waals surface area contributed by atoms with Crippen molar-refractivity contribution in [2.45, 2.75) is 35.0 Å². The van der Waals surface area contributed by atoms with Crippen molar-refractivity contribution in [2.75, 3.05) is 13.7 Å². The molecule has 0 N–H and O–H groups in total. The summed E-state index contributed by atoms with van der Waals surface area (Å²) in [4.78, 5) is 4.74. The first-order valence-corrected chi connectivity index (χ1v) is 11.2. The molecule has 8 heteroatoms. The first kappa shape index (κ1) is 18.6. The summed E-state index contributed by atoms with van der Waals surface area (Å²) in [6, 6.07) is 16.1. The van der Waals surface area contributed by atoms with Gasteiger partial charge in [0.2, 0.25) is 0 Å². The van der Waals surface area contributed by atoms with Crippen LogP contribution in [0.1, 0.15) is 12.8 Å². The number of hydrogen-bond acceptors (Lipinski definition) is 7. The molecule has 1 atom stereocenters. The topological polar surface area (TPSA) is 62.1 Å². The molecule has 2 aromatic carbocycles. The van der Waals surface area contributed by atoms with Crippen LogP contribution in [0.15, 0.2) is 58.0 Å². The molecule has 0 bridgehead atoms. The fourth-order valence-electron chi connectivity index (χ4n) is 3.45. The van der Waals surface area contributed by atoms with Crippen molar-refractivity contribution in [1.29, 1.82) is 0 Å². The summed E-state index contributed by atoms with van der Waals surface area (Å²) in [5.74, 6) is 1.66. The van der Waals surface area contributed by atoms with E-state index in [-0.39, 0.29) is 6.10 Å².